The maximum absolute atomic E-state index is 10.8. The Morgan fingerprint density at radius 3 is 1.57 bits per heavy atom. The van der Waals surface area contributed by atoms with Crippen LogP contribution in [0, 0.1) is 0 Å². The summed E-state index contributed by atoms with van der Waals surface area (Å²) in [5, 5.41) is 8.18. The summed E-state index contributed by atoms with van der Waals surface area (Å²) in [6.45, 7) is -1.85. The van der Waals surface area contributed by atoms with Gasteiger partial charge in [0.15, 0.2) is 0 Å². The van der Waals surface area contributed by atoms with Crippen LogP contribution in [0.5, 0.6) is 0 Å². The number of rotatable bonds is 2. The quantitative estimate of drug-likeness (QED) is 0.165. The van der Waals surface area contributed by atoms with E-state index in [0.29, 0.717) is 0 Å². The normalized spacial score (nSPS) is 9.05. The van der Waals surface area contributed by atoms with E-state index < -0.39 is 49.0 Å². The summed E-state index contributed by atoms with van der Waals surface area (Å²) in [6, 6.07) is 0. The van der Waals surface area contributed by atoms with Crippen LogP contribution < -0.4 is 5.73 Å². The minimum atomic E-state index is -1.99. The number of aliphatic hydroxyl groups excluding tert-OH is 1. The van der Waals surface area contributed by atoms with E-state index >= 15 is 0 Å². The minimum absolute atomic E-state index is 0.707. The first-order chi connectivity index (χ1) is 9.81. The minimum Gasteiger partial charge on any atom is -0.384 e. The van der Waals surface area contributed by atoms with Crippen LogP contribution in [0.3, 0.4) is 0 Å². The number of ether oxygens (including phenoxy) is 1. The van der Waals surface area contributed by atoms with Crippen molar-refractivity contribution in [1.29, 1.82) is 0 Å². The van der Waals surface area contributed by atoms with Crippen molar-refractivity contribution in [2.24, 2.45) is 5.73 Å². The Balaban J connectivity index is 4.14. The van der Waals surface area contributed by atoms with Gasteiger partial charge in [-0.2, -0.15) is 0 Å². The molecule has 0 aliphatic heterocycles. The van der Waals surface area contributed by atoms with E-state index in [0.717, 1.165) is 0 Å². The van der Waals surface area contributed by atoms with Crippen LogP contribution in [-0.2, 0) is 53.1 Å². The van der Waals surface area contributed by atoms with Gasteiger partial charge in [-0.1, -0.05) is 0 Å². The molecule has 0 heterocycles. The van der Waals surface area contributed by atoms with Crippen molar-refractivity contribution in [3.05, 3.63) is 0 Å². The summed E-state index contributed by atoms with van der Waals surface area (Å²) in [7, 11) is 0. The molecule has 0 aromatic heterocycles. The Morgan fingerprint density at radius 1 is 0.714 bits per heavy atom. The summed E-state index contributed by atoms with van der Waals surface area (Å²) in [5.74, 6) is -10.4. The first-order valence-electron chi connectivity index (χ1n) is 4.71. The Kier molecular flexibility index (Phi) is 7.64. The van der Waals surface area contributed by atoms with E-state index in [9.17, 15) is 28.8 Å². The molecule has 0 aromatic carbocycles. The summed E-state index contributed by atoms with van der Waals surface area (Å²) < 4.78 is 3.77. The highest BCUT2D eigenvalue weighted by Crippen LogP contribution is 1.92. The van der Waals surface area contributed by atoms with Gasteiger partial charge in [0.2, 0.25) is 0 Å². The van der Waals surface area contributed by atoms with Crippen molar-refractivity contribution >= 4 is 35.8 Å². The van der Waals surface area contributed by atoms with Gasteiger partial charge in [0, 0.05) is 0 Å². The van der Waals surface area contributed by atoms with Crippen molar-refractivity contribution in [1.82, 2.24) is 0 Å². The van der Waals surface area contributed by atoms with Gasteiger partial charge in [-0.05, 0) is 0 Å². The molecular formula is C8H7NO12. The average Bonchev–Trinajstić information content (AvgIpc) is 2.48. The summed E-state index contributed by atoms with van der Waals surface area (Å²) >= 11 is 0. The molecule has 21 heavy (non-hydrogen) atoms. The molecule has 0 rings (SSSR count). The smallest absolute Gasteiger partial charge is 0.384 e. The molecule has 0 unspecified atom stereocenters. The van der Waals surface area contributed by atoms with Crippen LogP contribution in [0.25, 0.3) is 0 Å². The van der Waals surface area contributed by atoms with E-state index in [4.69, 9.17) is 10.8 Å². The highest BCUT2D eigenvalue weighted by atomic mass is 17.2. The summed E-state index contributed by atoms with van der Waals surface area (Å²) in [5.41, 5.74) is 4.77. The molecule has 0 saturated heterocycles. The zero-order valence-corrected chi connectivity index (χ0v) is 9.93. The molecule has 116 valence electrons. The summed E-state index contributed by atoms with van der Waals surface area (Å²) in [6.07, 6.45) is 0. The van der Waals surface area contributed by atoms with Crippen LogP contribution in [0.2, 0.25) is 0 Å². The molecule has 0 aromatic rings. The van der Waals surface area contributed by atoms with Crippen molar-refractivity contribution in [2.75, 3.05) is 13.2 Å². The average molecular weight is 309 g/mol. The second-order valence-corrected chi connectivity index (χ2v) is 2.69. The van der Waals surface area contributed by atoms with Crippen LogP contribution in [0.1, 0.15) is 0 Å². The number of hydrogen-bond donors (Lipinski definition) is 2. The Labute approximate surface area is 114 Å². The summed E-state index contributed by atoms with van der Waals surface area (Å²) in [4.78, 5) is 78.1. The molecule has 13 nitrogen and oxygen atoms in total. The molecule has 0 saturated carbocycles. The van der Waals surface area contributed by atoms with E-state index in [1.54, 1.807) is 0 Å². The Morgan fingerprint density at radius 2 is 1.14 bits per heavy atom. The third-order valence-electron chi connectivity index (χ3n) is 1.24. The Bertz CT molecular complexity index is 468. The highest BCUT2D eigenvalue weighted by Gasteiger charge is 2.28. The van der Waals surface area contributed by atoms with E-state index in [2.05, 4.69) is 24.3 Å². The molecule has 0 spiro atoms. The van der Waals surface area contributed by atoms with E-state index in [-0.39, 0.29) is 0 Å². The molecule has 0 bridgehead atoms. The molecular weight excluding hydrogens is 302 g/mol. The van der Waals surface area contributed by atoms with Crippen LogP contribution in [-0.4, -0.2) is 54.1 Å². The van der Waals surface area contributed by atoms with Gasteiger partial charge in [-0.3, -0.25) is 4.79 Å². The highest BCUT2D eigenvalue weighted by molar-refractivity contribution is 6.32. The van der Waals surface area contributed by atoms with Crippen molar-refractivity contribution in [3.8, 4) is 0 Å². The van der Waals surface area contributed by atoms with Crippen molar-refractivity contribution < 1.29 is 58.2 Å². The van der Waals surface area contributed by atoms with Gasteiger partial charge in [0.05, 0.1) is 6.54 Å². The zero-order chi connectivity index (χ0) is 16.4. The third-order valence-corrected chi connectivity index (χ3v) is 1.24. The topological polar surface area (TPSA) is 195 Å². The number of carbonyl (C=O) groups excluding carboxylic acids is 6. The predicted octanol–water partition coefficient (Wildman–Crippen LogP) is -3.99. The maximum Gasteiger partial charge on any atom is 0.467 e. The lowest BCUT2D eigenvalue weighted by Gasteiger charge is -2.02. The second-order valence-electron chi connectivity index (χ2n) is 2.69. The van der Waals surface area contributed by atoms with Gasteiger partial charge in [-0.15, -0.1) is 0 Å². The van der Waals surface area contributed by atoms with Crippen LogP contribution in [0.4, 0.5) is 0 Å². The molecule has 0 atom stereocenters. The monoisotopic (exact) mass is 309 g/mol. The number of aliphatic hydroxyl groups is 1. The Hall–Kier alpha value is -3.06. The number of carbonyl (C=O) groups is 6. The first-order valence-corrected chi connectivity index (χ1v) is 4.71. The predicted molar refractivity (Wildman–Crippen MR) is 51.6 cm³/mol. The SMILES string of the molecule is NCC(=O)OC(=O)C(=O)OOC(=O)C(=O)OOC(=O)CO. The number of esters is 2. The zero-order valence-electron chi connectivity index (χ0n) is 9.93. The van der Waals surface area contributed by atoms with Crippen molar-refractivity contribution in [3.63, 3.8) is 0 Å². The fraction of sp³-hybridized carbons (Fsp3) is 0.250. The van der Waals surface area contributed by atoms with E-state index in [1.807, 2.05) is 0 Å². The van der Waals surface area contributed by atoms with Crippen LogP contribution >= 0.6 is 0 Å². The largest absolute Gasteiger partial charge is 0.467 e. The first kappa shape index (κ1) is 17.9. The third kappa shape index (κ3) is 7.19. The molecule has 0 aliphatic rings. The van der Waals surface area contributed by atoms with Gasteiger partial charge in [0.25, 0.3) is 0 Å². The van der Waals surface area contributed by atoms with Crippen molar-refractivity contribution in [2.45, 2.75) is 0 Å². The standard InChI is InChI=1S/C8H7NO12/c9-1-3(11)17-5(13)6(14)20-21-8(16)7(15)19-18-4(12)2-10/h10H,1-2,9H2. The fourth-order valence-corrected chi connectivity index (χ4v) is 0.475. The number of hydrogen-bond acceptors (Lipinski definition) is 13. The lowest BCUT2D eigenvalue weighted by atomic mass is 10.6. The van der Waals surface area contributed by atoms with Crippen LogP contribution in [0.15, 0.2) is 0 Å². The van der Waals surface area contributed by atoms with E-state index in [1.165, 1.54) is 0 Å². The lowest BCUT2D eigenvalue weighted by molar-refractivity contribution is -0.279. The molecule has 3 N–H and O–H groups in total. The number of nitrogens with two attached hydrogens (primary N) is 1. The second kappa shape index (κ2) is 8.94. The van der Waals surface area contributed by atoms with Gasteiger partial charge < -0.3 is 15.6 Å². The maximum atomic E-state index is 10.8. The van der Waals surface area contributed by atoms with Gasteiger partial charge >= 0.3 is 35.8 Å². The fourth-order valence-electron chi connectivity index (χ4n) is 0.475. The molecule has 13 heteroatoms. The van der Waals surface area contributed by atoms with Gasteiger partial charge in [0.1, 0.15) is 6.61 Å². The van der Waals surface area contributed by atoms with Gasteiger partial charge in [-0.25, -0.2) is 43.5 Å². The lowest BCUT2D eigenvalue weighted by Crippen LogP contribution is -2.29. The molecule has 0 aliphatic carbocycles. The molecule has 0 radical (unpaired) electrons. The molecule has 0 fully saturated rings. The molecule has 0 amide bonds.